The van der Waals surface area contributed by atoms with E-state index in [1.54, 1.807) is 6.07 Å². The van der Waals surface area contributed by atoms with E-state index in [4.69, 9.17) is 10.00 Å². The van der Waals surface area contributed by atoms with Gasteiger partial charge < -0.3 is 4.74 Å². The Labute approximate surface area is 118 Å². The second-order valence-electron chi connectivity index (χ2n) is 4.00. The molecule has 1 heterocycles. The minimum absolute atomic E-state index is 0.0390. The third kappa shape index (κ3) is 3.52. The van der Waals surface area contributed by atoms with Gasteiger partial charge in [-0.25, -0.2) is 0 Å². The number of benzene rings is 1. The molecule has 0 aliphatic heterocycles. The molecule has 0 spiro atoms. The SMILES string of the molecule is N#Cc1ccc(OCCc2cccs2)c(C(F)(F)F)c1. The summed E-state index contributed by atoms with van der Waals surface area (Å²) in [5.41, 5.74) is -0.953. The van der Waals surface area contributed by atoms with Crippen LogP contribution in [-0.2, 0) is 12.6 Å². The zero-order valence-electron chi connectivity index (χ0n) is 10.3. The van der Waals surface area contributed by atoms with Crippen LogP contribution in [0.3, 0.4) is 0 Å². The summed E-state index contributed by atoms with van der Waals surface area (Å²) in [5, 5.41) is 10.6. The minimum atomic E-state index is -4.54. The van der Waals surface area contributed by atoms with Gasteiger partial charge in [0.2, 0.25) is 0 Å². The van der Waals surface area contributed by atoms with E-state index in [-0.39, 0.29) is 17.9 Å². The molecule has 20 heavy (non-hydrogen) atoms. The standard InChI is InChI=1S/C14H10F3NOS/c15-14(16,17)12-8-10(9-18)3-4-13(12)19-6-5-11-2-1-7-20-11/h1-4,7-8H,5-6H2. The lowest BCUT2D eigenvalue weighted by molar-refractivity contribution is -0.138. The highest BCUT2D eigenvalue weighted by molar-refractivity contribution is 7.09. The summed E-state index contributed by atoms with van der Waals surface area (Å²) in [4.78, 5) is 1.05. The first kappa shape index (κ1) is 14.4. The average molecular weight is 297 g/mol. The zero-order chi connectivity index (χ0) is 14.6. The van der Waals surface area contributed by atoms with E-state index in [9.17, 15) is 13.2 Å². The molecule has 0 saturated carbocycles. The van der Waals surface area contributed by atoms with Gasteiger partial charge in [-0.15, -0.1) is 11.3 Å². The monoisotopic (exact) mass is 297 g/mol. The van der Waals surface area contributed by atoms with E-state index in [1.807, 2.05) is 17.5 Å². The van der Waals surface area contributed by atoms with Crippen LogP contribution in [0.5, 0.6) is 5.75 Å². The van der Waals surface area contributed by atoms with Gasteiger partial charge in [0.05, 0.1) is 23.8 Å². The Morgan fingerprint density at radius 2 is 2.05 bits per heavy atom. The molecule has 2 aromatic rings. The molecule has 2 rings (SSSR count). The Morgan fingerprint density at radius 3 is 2.65 bits per heavy atom. The highest BCUT2D eigenvalue weighted by atomic mass is 32.1. The molecule has 6 heteroatoms. The number of nitriles is 1. The predicted octanol–water partition coefficient (Wildman–Crippen LogP) is 4.26. The Hall–Kier alpha value is -2.00. The van der Waals surface area contributed by atoms with Crippen LogP contribution in [0.4, 0.5) is 13.2 Å². The molecular formula is C14H10F3NOS. The van der Waals surface area contributed by atoms with Crippen molar-refractivity contribution in [2.45, 2.75) is 12.6 Å². The fourth-order valence-corrected chi connectivity index (χ4v) is 2.35. The molecule has 1 aromatic heterocycles. The summed E-state index contributed by atoms with van der Waals surface area (Å²) >= 11 is 1.53. The molecule has 104 valence electrons. The molecule has 0 radical (unpaired) electrons. The molecule has 0 saturated heterocycles. The molecule has 2 nitrogen and oxygen atoms in total. The molecule has 0 atom stereocenters. The quantitative estimate of drug-likeness (QED) is 0.844. The van der Waals surface area contributed by atoms with Gasteiger partial charge in [0.25, 0.3) is 0 Å². The van der Waals surface area contributed by atoms with Gasteiger partial charge >= 0.3 is 6.18 Å². The molecule has 0 unspecified atom stereocenters. The first-order valence-electron chi connectivity index (χ1n) is 5.77. The zero-order valence-corrected chi connectivity index (χ0v) is 11.1. The lowest BCUT2D eigenvalue weighted by Gasteiger charge is -2.14. The predicted molar refractivity (Wildman–Crippen MR) is 69.7 cm³/mol. The van der Waals surface area contributed by atoms with E-state index >= 15 is 0 Å². The number of nitrogens with zero attached hydrogens (tertiary/aromatic N) is 1. The number of thiophene rings is 1. The Bertz CT molecular complexity index is 614. The van der Waals surface area contributed by atoms with Crippen LogP contribution in [0.15, 0.2) is 35.7 Å². The van der Waals surface area contributed by atoms with Crippen molar-refractivity contribution in [3.63, 3.8) is 0 Å². The second kappa shape index (κ2) is 5.97. The van der Waals surface area contributed by atoms with Gasteiger partial charge in [-0.05, 0) is 29.6 Å². The fourth-order valence-electron chi connectivity index (χ4n) is 1.66. The van der Waals surface area contributed by atoms with Crippen molar-refractivity contribution < 1.29 is 17.9 Å². The van der Waals surface area contributed by atoms with E-state index < -0.39 is 11.7 Å². The van der Waals surface area contributed by atoms with E-state index in [2.05, 4.69) is 0 Å². The van der Waals surface area contributed by atoms with E-state index in [0.29, 0.717) is 6.42 Å². The van der Waals surface area contributed by atoms with Crippen LogP contribution in [0, 0.1) is 11.3 Å². The highest BCUT2D eigenvalue weighted by Crippen LogP contribution is 2.36. The van der Waals surface area contributed by atoms with Crippen molar-refractivity contribution in [3.05, 3.63) is 51.7 Å². The second-order valence-corrected chi connectivity index (χ2v) is 5.03. The average Bonchev–Trinajstić information content (AvgIpc) is 2.91. The number of ether oxygens (including phenoxy) is 1. The summed E-state index contributed by atoms with van der Waals surface area (Å²) in [5.74, 6) is -0.243. The van der Waals surface area contributed by atoms with Crippen LogP contribution >= 0.6 is 11.3 Å². The number of halogens is 3. The topological polar surface area (TPSA) is 33.0 Å². The molecule has 0 bridgehead atoms. The van der Waals surface area contributed by atoms with E-state index in [1.165, 1.54) is 23.5 Å². The van der Waals surface area contributed by atoms with Crippen LogP contribution in [-0.4, -0.2) is 6.61 Å². The third-order valence-electron chi connectivity index (χ3n) is 2.60. The summed E-state index contributed by atoms with van der Waals surface area (Å²) in [7, 11) is 0. The van der Waals surface area contributed by atoms with Crippen molar-refractivity contribution in [1.29, 1.82) is 5.26 Å². The summed E-state index contributed by atoms with van der Waals surface area (Å²) in [6.45, 7) is 0.162. The number of hydrogen-bond acceptors (Lipinski definition) is 3. The van der Waals surface area contributed by atoms with Crippen molar-refractivity contribution in [2.24, 2.45) is 0 Å². The van der Waals surface area contributed by atoms with Crippen molar-refractivity contribution >= 4 is 11.3 Å². The van der Waals surface area contributed by atoms with Gasteiger partial charge in [-0.3, -0.25) is 0 Å². The summed E-state index contributed by atoms with van der Waals surface area (Å²) in [6.07, 6.45) is -3.99. The lowest BCUT2D eigenvalue weighted by Crippen LogP contribution is -2.10. The van der Waals surface area contributed by atoms with Gasteiger partial charge in [0.15, 0.2) is 0 Å². The van der Waals surface area contributed by atoms with E-state index in [0.717, 1.165) is 10.9 Å². The maximum absolute atomic E-state index is 12.9. The van der Waals surface area contributed by atoms with Crippen LogP contribution in [0.25, 0.3) is 0 Å². The first-order valence-corrected chi connectivity index (χ1v) is 6.65. The van der Waals surface area contributed by atoms with Gasteiger partial charge in [0.1, 0.15) is 5.75 Å². The molecular weight excluding hydrogens is 287 g/mol. The molecule has 0 N–H and O–H groups in total. The van der Waals surface area contributed by atoms with Gasteiger partial charge in [-0.2, -0.15) is 18.4 Å². The molecule has 0 amide bonds. The third-order valence-corrected chi connectivity index (χ3v) is 3.54. The number of alkyl halides is 3. The maximum Gasteiger partial charge on any atom is 0.420 e. The van der Waals surface area contributed by atoms with Crippen LogP contribution in [0.1, 0.15) is 16.0 Å². The van der Waals surface area contributed by atoms with Crippen molar-refractivity contribution in [3.8, 4) is 11.8 Å². The van der Waals surface area contributed by atoms with Crippen molar-refractivity contribution in [2.75, 3.05) is 6.61 Å². The van der Waals surface area contributed by atoms with Gasteiger partial charge in [-0.1, -0.05) is 6.07 Å². The van der Waals surface area contributed by atoms with Crippen molar-refractivity contribution in [1.82, 2.24) is 0 Å². The summed E-state index contributed by atoms with van der Waals surface area (Å²) < 4.78 is 43.8. The normalized spacial score (nSPS) is 11.1. The molecule has 0 aliphatic carbocycles. The number of hydrogen-bond donors (Lipinski definition) is 0. The Kier molecular flexibility index (Phi) is 4.30. The Balaban J connectivity index is 2.12. The molecule has 0 fully saturated rings. The first-order chi connectivity index (χ1) is 9.50. The highest BCUT2D eigenvalue weighted by Gasteiger charge is 2.34. The smallest absolute Gasteiger partial charge is 0.420 e. The lowest BCUT2D eigenvalue weighted by atomic mass is 10.1. The number of rotatable bonds is 4. The Morgan fingerprint density at radius 1 is 1.25 bits per heavy atom. The summed E-state index contributed by atoms with van der Waals surface area (Å²) in [6, 6.07) is 8.78. The fraction of sp³-hybridized carbons (Fsp3) is 0.214. The van der Waals surface area contributed by atoms with Crippen LogP contribution < -0.4 is 4.74 Å². The molecule has 0 aliphatic rings. The van der Waals surface area contributed by atoms with Crippen LogP contribution in [0.2, 0.25) is 0 Å². The molecule has 1 aromatic carbocycles. The van der Waals surface area contributed by atoms with Gasteiger partial charge in [0, 0.05) is 11.3 Å². The minimum Gasteiger partial charge on any atom is -0.493 e. The maximum atomic E-state index is 12.9. The largest absolute Gasteiger partial charge is 0.493 e.